The third-order valence-corrected chi connectivity index (χ3v) is 8.19. The number of hydrogen-bond donors (Lipinski definition) is 0. The number of nitrogens with zero attached hydrogens (tertiary/aromatic N) is 1. The van der Waals surface area contributed by atoms with Crippen molar-refractivity contribution in [2.45, 2.75) is 10.2 Å². The van der Waals surface area contributed by atoms with E-state index in [0.717, 1.165) is 22.3 Å². The summed E-state index contributed by atoms with van der Waals surface area (Å²) < 4.78 is 4.74. The van der Waals surface area contributed by atoms with Gasteiger partial charge >= 0.3 is 0 Å². The summed E-state index contributed by atoms with van der Waals surface area (Å²) in [5, 5.41) is 0. The molecule has 30 heavy (non-hydrogen) atoms. The molecule has 3 aliphatic carbocycles. The van der Waals surface area contributed by atoms with E-state index in [0.29, 0.717) is 11.4 Å². The molecule has 1 fully saturated rings. The smallest absolute Gasteiger partial charge is 0.239 e. The van der Waals surface area contributed by atoms with Gasteiger partial charge in [0.1, 0.15) is 5.75 Å². The van der Waals surface area contributed by atoms with Crippen molar-refractivity contribution in [2.24, 2.45) is 11.8 Å². The lowest BCUT2D eigenvalue weighted by Crippen LogP contribution is -2.50. The first kappa shape index (κ1) is 17.9. The number of halogens is 1. The van der Waals surface area contributed by atoms with Gasteiger partial charge in [-0.05, 0) is 34.4 Å². The summed E-state index contributed by atoms with van der Waals surface area (Å²) in [6, 6.07) is 23.5. The van der Waals surface area contributed by atoms with Crippen LogP contribution >= 0.6 is 15.9 Å². The van der Waals surface area contributed by atoms with Gasteiger partial charge in [0.25, 0.3) is 0 Å². The van der Waals surface area contributed by atoms with E-state index in [1.165, 1.54) is 4.90 Å². The van der Waals surface area contributed by atoms with Gasteiger partial charge in [-0.2, -0.15) is 0 Å². The van der Waals surface area contributed by atoms with Crippen LogP contribution in [0.4, 0.5) is 5.69 Å². The molecule has 3 aromatic rings. The van der Waals surface area contributed by atoms with Gasteiger partial charge in [0, 0.05) is 5.92 Å². The van der Waals surface area contributed by atoms with E-state index in [4.69, 9.17) is 4.74 Å². The number of benzene rings is 3. The Labute approximate surface area is 182 Å². The molecule has 4 nitrogen and oxygen atoms in total. The number of hydrogen-bond acceptors (Lipinski definition) is 3. The van der Waals surface area contributed by atoms with Crippen molar-refractivity contribution >= 4 is 33.4 Å². The second-order valence-electron chi connectivity index (χ2n) is 8.05. The first-order valence-electron chi connectivity index (χ1n) is 9.97. The lowest BCUT2D eigenvalue weighted by Gasteiger charge is -2.51. The fraction of sp³-hybridized carbons (Fsp3) is 0.200. The maximum Gasteiger partial charge on any atom is 0.239 e. The highest BCUT2D eigenvalue weighted by atomic mass is 79.9. The molecule has 4 aliphatic rings. The monoisotopic (exact) mass is 459 g/mol. The van der Waals surface area contributed by atoms with Crippen LogP contribution in [0.25, 0.3) is 0 Å². The van der Waals surface area contributed by atoms with Crippen molar-refractivity contribution in [3.8, 4) is 5.75 Å². The molecule has 148 valence electrons. The van der Waals surface area contributed by atoms with Crippen LogP contribution in [-0.4, -0.2) is 18.9 Å². The molecule has 2 bridgehead atoms. The number of methoxy groups -OCH3 is 1. The van der Waals surface area contributed by atoms with Gasteiger partial charge in [-0.25, -0.2) is 4.90 Å². The Morgan fingerprint density at radius 1 is 0.833 bits per heavy atom. The van der Waals surface area contributed by atoms with E-state index in [-0.39, 0.29) is 17.7 Å². The SMILES string of the molecule is COc1ccccc1N1C(=O)[C@@H]2C3c4ccccc4C(Br)(c4ccccc43)[C@@H]2C1=O. The minimum Gasteiger partial charge on any atom is -0.495 e. The summed E-state index contributed by atoms with van der Waals surface area (Å²) in [7, 11) is 1.55. The van der Waals surface area contributed by atoms with E-state index < -0.39 is 16.2 Å². The molecule has 2 amide bonds. The molecule has 0 aromatic heterocycles. The summed E-state index contributed by atoms with van der Waals surface area (Å²) in [5.41, 5.74) is 4.92. The van der Waals surface area contributed by atoms with Crippen molar-refractivity contribution in [1.29, 1.82) is 0 Å². The zero-order valence-corrected chi connectivity index (χ0v) is 17.8. The molecule has 1 aliphatic heterocycles. The summed E-state index contributed by atoms with van der Waals surface area (Å²) in [6.45, 7) is 0. The second kappa shape index (κ2) is 6.05. The van der Waals surface area contributed by atoms with Crippen LogP contribution in [-0.2, 0) is 13.9 Å². The van der Waals surface area contributed by atoms with Crippen LogP contribution in [0, 0.1) is 11.8 Å². The molecule has 0 saturated carbocycles. The molecule has 0 N–H and O–H groups in total. The Morgan fingerprint density at radius 2 is 1.40 bits per heavy atom. The maximum absolute atomic E-state index is 13.9. The van der Waals surface area contributed by atoms with Gasteiger partial charge in [0.15, 0.2) is 0 Å². The van der Waals surface area contributed by atoms with Gasteiger partial charge in [-0.1, -0.05) is 76.6 Å². The van der Waals surface area contributed by atoms with E-state index in [1.807, 2.05) is 36.4 Å². The summed E-state index contributed by atoms with van der Waals surface area (Å²) in [5.74, 6) is -0.925. The van der Waals surface area contributed by atoms with Crippen molar-refractivity contribution in [3.05, 3.63) is 95.1 Å². The fourth-order valence-electron chi connectivity index (χ4n) is 5.73. The predicted octanol–water partition coefficient (Wildman–Crippen LogP) is 4.60. The molecule has 2 atom stereocenters. The highest BCUT2D eigenvalue weighted by Crippen LogP contribution is 2.66. The van der Waals surface area contributed by atoms with Crippen LogP contribution in [0.2, 0.25) is 0 Å². The third kappa shape index (κ3) is 1.96. The van der Waals surface area contributed by atoms with E-state index >= 15 is 0 Å². The predicted molar refractivity (Wildman–Crippen MR) is 117 cm³/mol. The quantitative estimate of drug-likeness (QED) is 0.415. The molecule has 3 aromatic carbocycles. The van der Waals surface area contributed by atoms with Gasteiger partial charge in [0.2, 0.25) is 11.8 Å². The zero-order valence-electron chi connectivity index (χ0n) is 16.2. The van der Waals surface area contributed by atoms with Crippen molar-refractivity contribution in [2.75, 3.05) is 12.0 Å². The average molecular weight is 460 g/mol. The second-order valence-corrected chi connectivity index (χ2v) is 9.30. The number of carbonyl (C=O) groups excluding carboxylic acids is 2. The molecule has 0 unspecified atom stereocenters. The van der Waals surface area contributed by atoms with Crippen molar-refractivity contribution in [3.63, 3.8) is 0 Å². The van der Waals surface area contributed by atoms with Crippen molar-refractivity contribution in [1.82, 2.24) is 0 Å². The summed E-state index contributed by atoms with van der Waals surface area (Å²) in [6.07, 6.45) is 0. The highest BCUT2D eigenvalue weighted by molar-refractivity contribution is 9.09. The zero-order chi connectivity index (χ0) is 20.6. The molecule has 1 heterocycles. The van der Waals surface area contributed by atoms with E-state index in [1.54, 1.807) is 19.2 Å². The number of ether oxygens (including phenoxy) is 1. The summed E-state index contributed by atoms with van der Waals surface area (Å²) >= 11 is 4.01. The summed E-state index contributed by atoms with van der Waals surface area (Å²) in [4.78, 5) is 29.0. The minimum absolute atomic E-state index is 0.141. The number of rotatable bonds is 2. The van der Waals surface area contributed by atoms with Gasteiger partial charge < -0.3 is 4.74 Å². The average Bonchev–Trinajstić information content (AvgIpc) is 3.05. The lowest BCUT2D eigenvalue weighted by atomic mass is 9.55. The normalized spacial score (nSPS) is 28.2. The Kier molecular flexibility index (Phi) is 3.61. The third-order valence-electron chi connectivity index (χ3n) is 6.84. The van der Waals surface area contributed by atoms with E-state index in [2.05, 4.69) is 40.2 Å². The number of amides is 2. The first-order valence-corrected chi connectivity index (χ1v) is 10.8. The van der Waals surface area contributed by atoms with Crippen LogP contribution in [0.5, 0.6) is 5.75 Å². The highest BCUT2D eigenvalue weighted by Gasteiger charge is 2.67. The van der Waals surface area contributed by atoms with Gasteiger partial charge in [0.05, 0.1) is 29.0 Å². The van der Waals surface area contributed by atoms with Gasteiger partial charge in [-0.15, -0.1) is 0 Å². The number of anilines is 1. The molecular weight excluding hydrogens is 442 g/mol. The molecule has 0 radical (unpaired) electrons. The molecule has 5 heteroatoms. The van der Waals surface area contributed by atoms with Crippen LogP contribution in [0.1, 0.15) is 28.2 Å². The van der Waals surface area contributed by atoms with Crippen LogP contribution < -0.4 is 9.64 Å². The van der Waals surface area contributed by atoms with Gasteiger partial charge in [-0.3, -0.25) is 9.59 Å². The maximum atomic E-state index is 13.9. The molecule has 7 rings (SSSR count). The molecule has 0 spiro atoms. The molecular formula is C25H18BrNO3. The Bertz CT molecular complexity index is 1190. The van der Waals surface area contributed by atoms with Crippen LogP contribution in [0.15, 0.2) is 72.8 Å². The fourth-order valence-corrected chi connectivity index (χ4v) is 6.93. The Balaban J connectivity index is 1.62. The van der Waals surface area contributed by atoms with Crippen LogP contribution in [0.3, 0.4) is 0 Å². The first-order chi connectivity index (χ1) is 14.6. The Morgan fingerprint density at radius 3 is 2.03 bits per heavy atom. The number of alkyl halides is 1. The van der Waals surface area contributed by atoms with E-state index in [9.17, 15) is 9.59 Å². The number of carbonyl (C=O) groups is 2. The molecule has 1 saturated heterocycles. The number of imide groups is 1. The largest absolute Gasteiger partial charge is 0.495 e. The standard InChI is InChI=1S/C25H18BrNO3/c1-30-19-13-7-6-12-18(19)27-23(28)21-20-14-8-2-4-10-16(14)25(26,22(21)24(27)29)17-11-5-3-9-15(17)20/h2-13,20-22H,1H3/t20?,21-,22+,25?/m1/s1. The topological polar surface area (TPSA) is 46.6 Å². The number of para-hydroxylation sites is 2. The Hall–Kier alpha value is -2.92. The van der Waals surface area contributed by atoms with Crippen molar-refractivity contribution < 1.29 is 14.3 Å². The minimum atomic E-state index is -0.733. The lowest BCUT2D eigenvalue weighted by molar-refractivity contribution is -0.122.